The Labute approximate surface area is 118 Å². The van der Waals surface area contributed by atoms with Crippen molar-refractivity contribution >= 4 is 15.9 Å². The van der Waals surface area contributed by atoms with E-state index < -0.39 is 10.0 Å². The number of carbonyl (C=O) groups is 1. The number of nitrogens with zero attached hydrogens (tertiary/aromatic N) is 2. The van der Waals surface area contributed by atoms with Gasteiger partial charge in [0.1, 0.15) is 10.6 Å². The Morgan fingerprint density at radius 1 is 1.45 bits per heavy atom. The average molecular weight is 301 g/mol. The van der Waals surface area contributed by atoms with E-state index in [9.17, 15) is 13.2 Å². The van der Waals surface area contributed by atoms with Gasteiger partial charge in [-0.05, 0) is 26.7 Å². The minimum atomic E-state index is -3.63. The van der Waals surface area contributed by atoms with Gasteiger partial charge in [-0.1, -0.05) is 5.16 Å². The summed E-state index contributed by atoms with van der Waals surface area (Å²) < 4.78 is 30.8. The summed E-state index contributed by atoms with van der Waals surface area (Å²) in [5.74, 6) is 0.406. The molecule has 0 aliphatic heterocycles. The Hall–Kier alpha value is -1.41. The minimum absolute atomic E-state index is 0.00753. The molecule has 1 fully saturated rings. The van der Waals surface area contributed by atoms with Gasteiger partial charge >= 0.3 is 0 Å². The van der Waals surface area contributed by atoms with Crippen molar-refractivity contribution in [1.82, 2.24) is 14.8 Å². The van der Waals surface area contributed by atoms with Crippen LogP contribution in [0.25, 0.3) is 0 Å². The van der Waals surface area contributed by atoms with Crippen LogP contribution in [0.3, 0.4) is 0 Å². The fourth-order valence-electron chi connectivity index (χ4n) is 1.95. The molecule has 2 rings (SSSR count). The molecule has 1 heterocycles. The van der Waals surface area contributed by atoms with Gasteiger partial charge < -0.3 is 9.84 Å². The van der Waals surface area contributed by atoms with Gasteiger partial charge in [-0.2, -0.15) is 4.31 Å². The Kier molecular flexibility index (Phi) is 4.14. The molecule has 1 N–H and O–H groups in total. The molecule has 1 aromatic rings. The quantitative estimate of drug-likeness (QED) is 0.823. The molecule has 1 aliphatic rings. The van der Waals surface area contributed by atoms with E-state index >= 15 is 0 Å². The molecule has 0 unspecified atom stereocenters. The first-order chi connectivity index (χ1) is 9.34. The first-order valence-electron chi connectivity index (χ1n) is 6.51. The lowest BCUT2D eigenvalue weighted by Crippen LogP contribution is -2.36. The monoisotopic (exact) mass is 301 g/mol. The Balaban J connectivity index is 1.97. The number of sulfonamides is 1. The fourth-order valence-corrected chi connectivity index (χ4v) is 3.40. The summed E-state index contributed by atoms with van der Waals surface area (Å²) in [7, 11) is -2.16. The Morgan fingerprint density at radius 3 is 2.60 bits per heavy atom. The lowest BCUT2D eigenvalue weighted by Gasteiger charge is -2.17. The minimum Gasteiger partial charge on any atom is -0.360 e. The number of carbonyl (C=O) groups excluding carboxylic acids is 1. The smallest absolute Gasteiger partial charge is 0.248 e. The number of nitrogens with one attached hydrogen (secondary N) is 1. The number of aromatic nitrogens is 1. The molecule has 1 aromatic heterocycles. The summed E-state index contributed by atoms with van der Waals surface area (Å²) in [5.41, 5.74) is 0.344. The molecule has 0 radical (unpaired) electrons. The number of hydrogen-bond donors (Lipinski definition) is 1. The highest BCUT2D eigenvalue weighted by Gasteiger charge is 2.30. The summed E-state index contributed by atoms with van der Waals surface area (Å²) in [6.07, 6.45) is 1.86. The predicted molar refractivity (Wildman–Crippen MR) is 71.5 cm³/mol. The Morgan fingerprint density at radius 2 is 2.10 bits per heavy atom. The number of rotatable bonds is 6. The zero-order valence-corrected chi connectivity index (χ0v) is 12.7. The third-order valence-corrected chi connectivity index (χ3v) is 5.41. The van der Waals surface area contributed by atoms with Crippen molar-refractivity contribution in [3.8, 4) is 0 Å². The van der Waals surface area contributed by atoms with Crippen LogP contribution in [-0.2, 0) is 14.8 Å². The maximum Gasteiger partial charge on any atom is 0.248 e. The van der Waals surface area contributed by atoms with Crippen molar-refractivity contribution in [1.29, 1.82) is 0 Å². The van der Waals surface area contributed by atoms with Gasteiger partial charge in [-0.25, -0.2) is 8.42 Å². The highest BCUT2D eigenvalue weighted by molar-refractivity contribution is 7.89. The van der Waals surface area contributed by atoms with E-state index in [0.717, 1.165) is 12.8 Å². The van der Waals surface area contributed by atoms with Crippen LogP contribution in [0.4, 0.5) is 0 Å². The van der Waals surface area contributed by atoms with E-state index in [2.05, 4.69) is 10.5 Å². The van der Waals surface area contributed by atoms with Crippen molar-refractivity contribution in [2.75, 3.05) is 20.1 Å². The lowest BCUT2D eigenvalue weighted by molar-refractivity contribution is -0.122. The summed E-state index contributed by atoms with van der Waals surface area (Å²) >= 11 is 0. The molecule has 0 spiro atoms. The molecule has 20 heavy (non-hydrogen) atoms. The predicted octanol–water partition coefficient (Wildman–Crippen LogP) is 0.438. The molecule has 1 saturated carbocycles. The molecule has 8 heteroatoms. The van der Waals surface area contributed by atoms with E-state index in [1.165, 1.54) is 11.4 Å². The first-order valence-corrected chi connectivity index (χ1v) is 7.95. The van der Waals surface area contributed by atoms with Crippen LogP contribution >= 0.6 is 0 Å². The number of aryl methyl sites for hydroxylation is 2. The first kappa shape index (κ1) is 15.0. The van der Waals surface area contributed by atoms with Crippen LogP contribution in [0, 0.1) is 19.8 Å². The second kappa shape index (κ2) is 5.53. The van der Waals surface area contributed by atoms with E-state index in [-0.39, 0.29) is 29.0 Å². The molecule has 1 amide bonds. The van der Waals surface area contributed by atoms with E-state index in [0.29, 0.717) is 12.2 Å². The van der Waals surface area contributed by atoms with Crippen molar-refractivity contribution in [3.63, 3.8) is 0 Å². The highest BCUT2D eigenvalue weighted by Crippen LogP contribution is 2.28. The molecule has 0 bridgehead atoms. The van der Waals surface area contributed by atoms with E-state index in [4.69, 9.17) is 4.52 Å². The molecule has 0 aromatic carbocycles. The van der Waals surface area contributed by atoms with Crippen molar-refractivity contribution in [2.45, 2.75) is 31.6 Å². The van der Waals surface area contributed by atoms with Crippen LogP contribution in [-0.4, -0.2) is 43.9 Å². The summed E-state index contributed by atoms with van der Waals surface area (Å²) in [6.45, 7) is 3.67. The van der Waals surface area contributed by atoms with Crippen LogP contribution in [0.1, 0.15) is 24.3 Å². The summed E-state index contributed by atoms with van der Waals surface area (Å²) in [4.78, 5) is 11.6. The van der Waals surface area contributed by atoms with Gasteiger partial charge in [0.05, 0.1) is 0 Å². The topological polar surface area (TPSA) is 92.5 Å². The van der Waals surface area contributed by atoms with Crippen LogP contribution < -0.4 is 5.32 Å². The molecular weight excluding hydrogens is 282 g/mol. The fraction of sp³-hybridized carbons (Fsp3) is 0.667. The van der Waals surface area contributed by atoms with Gasteiger partial charge in [0.2, 0.25) is 15.9 Å². The average Bonchev–Trinajstić information content (AvgIpc) is 3.15. The van der Waals surface area contributed by atoms with Crippen LogP contribution in [0.15, 0.2) is 9.42 Å². The second-order valence-corrected chi connectivity index (χ2v) is 7.03. The van der Waals surface area contributed by atoms with E-state index in [1.54, 1.807) is 13.8 Å². The second-order valence-electron chi connectivity index (χ2n) is 5.05. The van der Waals surface area contributed by atoms with Crippen molar-refractivity contribution < 1.29 is 17.7 Å². The number of hydrogen-bond acceptors (Lipinski definition) is 5. The normalized spacial score (nSPS) is 15.6. The third kappa shape index (κ3) is 3.01. The number of likely N-dealkylation sites (N-methyl/N-ethyl adjacent to an activating group) is 1. The van der Waals surface area contributed by atoms with Crippen molar-refractivity contribution in [3.05, 3.63) is 11.5 Å². The standard InChI is InChI=1S/C12H19N3O4S/c1-8-11(9(2)19-14-8)20(17,18)15(3)7-6-13-12(16)10-4-5-10/h10H,4-7H2,1-3H3,(H,13,16). The molecule has 1 aliphatic carbocycles. The molecule has 7 nitrogen and oxygen atoms in total. The zero-order chi connectivity index (χ0) is 14.9. The van der Waals surface area contributed by atoms with Gasteiger partial charge in [0, 0.05) is 26.1 Å². The summed E-state index contributed by atoms with van der Waals surface area (Å²) in [6, 6.07) is 0. The molecular formula is C12H19N3O4S. The molecule has 0 saturated heterocycles. The molecule has 0 atom stereocenters. The lowest BCUT2D eigenvalue weighted by atomic mass is 10.4. The van der Waals surface area contributed by atoms with Crippen molar-refractivity contribution in [2.24, 2.45) is 5.92 Å². The van der Waals surface area contributed by atoms with Gasteiger partial charge in [0.25, 0.3) is 0 Å². The maximum atomic E-state index is 12.4. The van der Waals surface area contributed by atoms with Gasteiger partial charge in [-0.15, -0.1) is 0 Å². The van der Waals surface area contributed by atoms with Crippen LogP contribution in [0.2, 0.25) is 0 Å². The van der Waals surface area contributed by atoms with E-state index in [1.807, 2.05) is 0 Å². The van der Waals surface area contributed by atoms with Gasteiger partial charge in [-0.3, -0.25) is 4.79 Å². The van der Waals surface area contributed by atoms with Crippen LogP contribution in [0.5, 0.6) is 0 Å². The Bertz CT molecular complexity index is 585. The highest BCUT2D eigenvalue weighted by atomic mass is 32.2. The largest absolute Gasteiger partial charge is 0.360 e. The zero-order valence-electron chi connectivity index (χ0n) is 11.8. The third-order valence-electron chi connectivity index (χ3n) is 3.31. The number of amides is 1. The SMILES string of the molecule is Cc1noc(C)c1S(=O)(=O)N(C)CCNC(=O)C1CC1. The van der Waals surface area contributed by atoms with Gasteiger partial charge in [0.15, 0.2) is 5.76 Å². The molecule has 112 valence electrons. The summed E-state index contributed by atoms with van der Waals surface area (Å²) in [5, 5.41) is 6.39. The maximum absolute atomic E-state index is 12.4.